The Morgan fingerprint density at radius 3 is 1.89 bits per heavy atom. The topological polar surface area (TPSA) is 21.6 Å². The Labute approximate surface area is 172 Å². The molecule has 2 aromatic carbocycles. The van der Waals surface area contributed by atoms with Gasteiger partial charge in [-0.25, -0.2) is 0 Å². The van der Waals surface area contributed by atoms with Crippen LogP contribution in [0.25, 0.3) is 0 Å². The van der Waals surface area contributed by atoms with Crippen LogP contribution >= 0.6 is 0 Å². The van der Waals surface area contributed by atoms with Gasteiger partial charge in [0.2, 0.25) is 0 Å². The Balaban J connectivity index is 1.95. The fourth-order valence-electron chi connectivity index (χ4n) is 2.68. The molecule has 150 valence electrons. The highest BCUT2D eigenvalue weighted by Crippen LogP contribution is 2.36. The second-order valence-electron chi connectivity index (χ2n) is 8.86. The molecule has 0 amide bonds. The molecule has 0 aliphatic carbocycles. The van der Waals surface area contributed by atoms with Crippen molar-refractivity contribution in [3.05, 3.63) is 83.9 Å². The quantitative estimate of drug-likeness (QED) is 0.197. The number of hydrogen-bond donors (Lipinski definition) is 0. The van der Waals surface area contributed by atoms with E-state index in [4.69, 9.17) is 9.42 Å². The van der Waals surface area contributed by atoms with Crippen molar-refractivity contribution in [1.29, 1.82) is 0 Å². The molecule has 28 heavy (non-hydrogen) atoms. The Kier molecular flexibility index (Phi) is 7.96. The molecule has 0 radical (unpaired) electrons. The van der Waals surface area contributed by atoms with E-state index in [2.05, 4.69) is 89.0 Å². The van der Waals surface area contributed by atoms with Gasteiger partial charge < -0.3 is 4.43 Å². The van der Waals surface area contributed by atoms with E-state index >= 15 is 0 Å². The maximum absolute atomic E-state index is 6.27. The van der Waals surface area contributed by atoms with Gasteiger partial charge in [-0.3, -0.25) is 4.99 Å². The Bertz CT molecular complexity index is 732. The second kappa shape index (κ2) is 9.99. The van der Waals surface area contributed by atoms with Gasteiger partial charge in [-0.05, 0) is 31.0 Å². The van der Waals surface area contributed by atoms with Gasteiger partial charge >= 0.3 is 0 Å². The summed E-state index contributed by atoms with van der Waals surface area (Å²) < 4.78 is 6.27. The van der Waals surface area contributed by atoms with Crippen LogP contribution in [0.2, 0.25) is 18.1 Å². The normalized spacial score (nSPS) is 11.9. The largest absolute Gasteiger partial charge is 0.417 e. The predicted molar refractivity (Wildman–Crippen MR) is 125 cm³/mol. The van der Waals surface area contributed by atoms with E-state index in [1.807, 2.05) is 12.1 Å². The lowest BCUT2D eigenvalue weighted by Gasteiger charge is -2.36. The van der Waals surface area contributed by atoms with Gasteiger partial charge in [0, 0.05) is 17.7 Å². The lowest BCUT2D eigenvalue weighted by atomic mass is 10.0. The lowest BCUT2D eigenvalue weighted by Crippen LogP contribution is -2.40. The van der Waals surface area contributed by atoms with Crippen molar-refractivity contribution < 1.29 is 4.43 Å². The molecule has 0 fully saturated rings. The number of aliphatic imine (C=N–C) groups is 1. The molecule has 0 N–H and O–H groups in total. The number of benzene rings is 2. The van der Waals surface area contributed by atoms with Gasteiger partial charge in [-0.2, -0.15) is 0 Å². The summed E-state index contributed by atoms with van der Waals surface area (Å²) in [6, 6.07) is 20.7. The fourth-order valence-corrected chi connectivity index (χ4v) is 3.76. The first kappa shape index (κ1) is 22.3. The predicted octanol–water partition coefficient (Wildman–Crippen LogP) is 6.88. The highest BCUT2D eigenvalue weighted by molar-refractivity contribution is 6.74. The van der Waals surface area contributed by atoms with Gasteiger partial charge in [0.25, 0.3) is 0 Å². The van der Waals surface area contributed by atoms with E-state index in [0.29, 0.717) is 6.54 Å². The smallest absolute Gasteiger partial charge is 0.191 e. The van der Waals surface area contributed by atoms with Crippen molar-refractivity contribution in [3.63, 3.8) is 0 Å². The lowest BCUT2D eigenvalue weighted by molar-refractivity contribution is 0.282. The van der Waals surface area contributed by atoms with E-state index in [0.717, 1.165) is 41.9 Å². The molecule has 0 spiro atoms. The van der Waals surface area contributed by atoms with Gasteiger partial charge in [0.1, 0.15) is 0 Å². The molecule has 0 aromatic heterocycles. The van der Waals surface area contributed by atoms with E-state index in [1.54, 1.807) is 0 Å². The zero-order chi connectivity index (χ0) is 20.6. The van der Waals surface area contributed by atoms with E-state index in [-0.39, 0.29) is 5.04 Å². The number of rotatable bonds is 9. The van der Waals surface area contributed by atoms with Crippen LogP contribution in [-0.2, 0) is 4.43 Å². The molecule has 0 atom stereocenters. The minimum absolute atomic E-state index is 0.259. The second-order valence-corrected chi connectivity index (χ2v) is 13.7. The molecule has 2 aromatic rings. The maximum atomic E-state index is 6.27. The molecule has 0 aliphatic heterocycles. The van der Waals surface area contributed by atoms with Crippen LogP contribution < -0.4 is 0 Å². The van der Waals surface area contributed by atoms with Gasteiger partial charge in [0.05, 0.1) is 12.3 Å². The van der Waals surface area contributed by atoms with Crippen molar-refractivity contribution in [1.82, 2.24) is 0 Å². The first-order chi connectivity index (χ1) is 13.2. The number of hydrogen-bond acceptors (Lipinski definition) is 2. The molecular weight excluding hydrogens is 358 g/mol. The molecule has 0 heterocycles. The summed E-state index contributed by atoms with van der Waals surface area (Å²) in [5.74, 6) is 0. The molecule has 0 unspecified atom stereocenters. The minimum Gasteiger partial charge on any atom is -0.417 e. The molecule has 0 saturated heterocycles. The van der Waals surface area contributed by atoms with Crippen LogP contribution in [0.3, 0.4) is 0 Å². The SMILES string of the molecule is C=C(CCCO[Si](C)(C)C(C)(C)C)CN=C(c1ccccc1)c1ccccc1. The third-order valence-electron chi connectivity index (χ3n) is 5.50. The first-order valence-corrected chi connectivity index (χ1v) is 13.1. The van der Waals surface area contributed by atoms with E-state index in [9.17, 15) is 0 Å². The summed E-state index contributed by atoms with van der Waals surface area (Å²) >= 11 is 0. The third kappa shape index (κ3) is 6.57. The highest BCUT2D eigenvalue weighted by Gasteiger charge is 2.36. The van der Waals surface area contributed by atoms with E-state index in [1.165, 1.54) is 0 Å². The summed E-state index contributed by atoms with van der Waals surface area (Å²) in [5, 5.41) is 0.259. The zero-order valence-electron chi connectivity index (χ0n) is 18.2. The third-order valence-corrected chi connectivity index (χ3v) is 10.0. The van der Waals surface area contributed by atoms with Gasteiger partial charge in [-0.15, -0.1) is 0 Å². The zero-order valence-corrected chi connectivity index (χ0v) is 19.2. The fraction of sp³-hybridized carbons (Fsp3) is 0.400. The molecule has 0 saturated carbocycles. The Morgan fingerprint density at radius 2 is 1.43 bits per heavy atom. The van der Waals surface area contributed by atoms with Crippen molar-refractivity contribution in [3.8, 4) is 0 Å². The average Bonchev–Trinajstić information content (AvgIpc) is 2.66. The average molecular weight is 394 g/mol. The van der Waals surface area contributed by atoms with Crippen LogP contribution in [0.15, 0.2) is 77.8 Å². The molecule has 0 bridgehead atoms. The van der Waals surface area contributed by atoms with Crippen molar-refractivity contribution in [2.24, 2.45) is 4.99 Å². The van der Waals surface area contributed by atoms with Gasteiger partial charge in [-0.1, -0.05) is 93.6 Å². The van der Waals surface area contributed by atoms with Crippen LogP contribution in [0.1, 0.15) is 44.7 Å². The van der Waals surface area contributed by atoms with Crippen LogP contribution in [0.4, 0.5) is 0 Å². The molecule has 2 rings (SSSR count). The van der Waals surface area contributed by atoms with Crippen molar-refractivity contribution in [2.75, 3.05) is 13.2 Å². The Morgan fingerprint density at radius 1 is 0.929 bits per heavy atom. The highest BCUT2D eigenvalue weighted by atomic mass is 28.4. The van der Waals surface area contributed by atoms with Crippen molar-refractivity contribution >= 4 is 14.0 Å². The number of nitrogens with zero attached hydrogens (tertiary/aromatic N) is 1. The van der Waals surface area contributed by atoms with Crippen LogP contribution in [0, 0.1) is 0 Å². The first-order valence-electron chi connectivity index (χ1n) is 10.2. The maximum Gasteiger partial charge on any atom is 0.191 e. The summed E-state index contributed by atoms with van der Waals surface area (Å²) in [6.45, 7) is 17.2. The van der Waals surface area contributed by atoms with Crippen molar-refractivity contribution in [2.45, 2.75) is 51.7 Å². The van der Waals surface area contributed by atoms with Gasteiger partial charge in [0.15, 0.2) is 8.32 Å². The minimum atomic E-state index is -1.66. The van der Waals surface area contributed by atoms with Crippen LogP contribution in [0.5, 0.6) is 0 Å². The summed E-state index contributed by atoms with van der Waals surface area (Å²) in [4.78, 5) is 4.92. The van der Waals surface area contributed by atoms with Crippen LogP contribution in [-0.4, -0.2) is 27.2 Å². The summed E-state index contributed by atoms with van der Waals surface area (Å²) in [6.07, 6.45) is 1.96. The molecule has 3 heteroatoms. The molecule has 0 aliphatic rings. The monoisotopic (exact) mass is 393 g/mol. The summed E-state index contributed by atoms with van der Waals surface area (Å²) in [5.41, 5.74) is 4.47. The standard InChI is InChI=1S/C25H35NOSi/c1-21(14-13-19-27-28(5,6)25(2,3)4)20-26-24(22-15-9-7-10-16-22)23-17-11-8-12-18-23/h7-12,15-18H,1,13-14,19-20H2,2-6H3. The molecular formula is C25H35NOSi. The summed E-state index contributed by atoms with van der Waals surface area (Å²) in [7, 11) is -1.66. The Hall–Kier alpha value is -1.97. The molecule has 2 nitrogen and oxygen atoms in total. The van der Waals surface area contributed by atoms with E-state index < -0.39 is 8.32 Å².